The molecule has 154 valence electrons. The molecule has 2 fully saturated rings. The number of hydrogen-bond acceptors (Lipinski definition) is 3. The Morgan fingerprint density at radius 1 is 1.14 bits per heavy atom. The van der Waals surface area contributed by atoms with E-state index in [0.29, 0.717) is 25.3 Å². The number of benzene rings is 1. The first-order valence-electron chi connectivity index (χ1n) is 10.2. The molecule has 2 aliphatic heterocycles. The number of amides is 3. The number of aryl methyl sites for hydroxylation is 1. The number of carbonyl (C=O) groups is 3. The molecule has 0 saturated carbocycles. The Hall–Kier alpha value is -2.83. The van der Waals surface area contributed by atoms with Gasteiger partial charge in [0, 0.05) is 56.0 Å². The van der Waals surface area contributed by atoms with Crippen molar-refractivity contribution in [2.45, 2.75) is 51.6 Å². The maximum absolute atomic E-state index is 13.5. The lowest BCUT2D eigenvalue weighted by Crippen LogP contribution is -2.54. The molecular weight excluding hydrogens is 368 g/mol. The fourth-order valence-corrected chi connectivity index (χ4v) is 4.94. The van der Waals surface area contributed by atoms with E-state index in [-0.39, 0.29) is 29.3 Å². The van der Waals surface area contributed by atoms with Gasteiger partial charge in [-0.25, -0.2) is 0 Å². The average molecular weight is 396 g/mol. The van der Waals surface area contributed by atoms with Crippen LogP contribution in [0.5, 0.6) is 0 Å². The Kier molecular flexibility index (Phi) is 4.84. The SMILES string of the molecule is CC(=O)NC1CN(C(=O)c2cc3ccc(C)cc3[nH]2)C2(CCN(C(C)=O)CC2)C1. The molecule has 1 atom stereocenters. The van der Waals surface area contributed by atoms with Crippen molar-refractivity contribution in [3.05, 3.63) is 35.5 Å². The lowest BCUT2D eigenvalue weighted by Gasteiger charge is -2.44. The molecule has 7 nitrogen and oxygen atoms in total. The van der Waals surface area contributed by atoms with E-state index in [2.05, 4.69) is 10.3 Å². The van der Waals surface area contributed by atoms with Crippen molar-refractivity contribution in [2.24, 2.45) is 0 Å². The van der Waals surface area contributed by atoms with Crippen LogP contribution in [0, 0.1) is 6.92 Å². The van der Waals surface area contributed by atoms with E-state index >= 15 is 0 Å². The molecule has 1 unspecified atom stereocenters. The Labute approximate surface area is 170 Å². The maximum atomic E-state index is 13.5. The van der Waals surface area contributed by atoms with E-state index in [0.717, 1.165) is 35.7 Å². The van der Waals surface area contributed by atoms with Gasteiger partial charge in [-0.05, 0) is 43.9 Å². The van der Waals surface area contributed by atoms with Gasteiger partial charge in [-0.1, -0.05) is 12.1 Å². The number of piperidine rings is 1. The van der Waals surface area contributed by atoms with Gasteiger partial charge in [-0.3, -0.25) is 14.4 Å². The second-order valence-electron chi connectivity index (χ2n) is 8.52. The van der Waals surface area contributed by atoms with Crippen LogP contribution in [0.15, 0.2) is 24.3 Å². The summed E-state index contributed by atoms with van der Waals surface area (Å²) in [6, 6.07) is 7.93. The molecule has 2 aromatic rings. The van der Waals surface area contributed by atoms with E-state index in [9.17, 15) is 14.4 Å². The zero-order valence-electron chi connectivity index (χ0n) is 17.2. The van der Waals surface area contributed by atoms with Crippen molar-refractivity contribution >= 4 is 28.6 Å². The van der Waals surface area contributed by atoms with Gasteiger partial charge in [0.05, 0.1) is 0 Å². The summed E-state index contributed by atoms with van der Waals surface area (Å²) in [7, 11) is 0. The van der Waals surface area contributed by atoms with Gasteiger partial charge in [0.15, 0.2) is 0 Å². The summed E-state index contributed by atoms with van der Waals surface area (Å²) in [6.45, 7) is 6.89. The van der Waals surface area contributed by atoms with Crippen LogP contribution in [-0.4, -0.2) is 63.7 Å². The fourth-order valence-electron chi connectivity index (χ4n) is 4.94. The normalized spacial score (nSPS) is 21.0. The highest BCUT2D eigenvalue weighted by Crippen LogP contribution is 2.39. The third-order valence-electron chi connectivity index (χ3n) is 6.40. The van der Waals surface area contributed by atoms with E-state index in [1.807, 2.05) is 41.0 Å². The van der Waals surface area contributed by atoms with Gasteiger partial charge < -0.3 is 20.1 Å². The third kappa shape index (κ3) is 3.61. The number of carbonyl (C=O) groups excluding carboxylic acids is 3. The zero-order valence-corrected chi connectivity index (χ0v) is 17.2. The van der Waals surface area contributed by atoms with Gasteiger partial charge in [-0.15, -0.1) is 0 Å². The number of nitrogens with one attached hydrogen (secondary N) is 2. The van der Waals surface area contributed by atoms with Crippen molar-refractivity contribution in [1.82, 2.24) is 20.1 Å². The highest BCUT2D eigenvalue weighted by Gasteiger charge is 2.50. The van der Waals surface area contributed by atoms with Crippen LogP contribution in [0.4, 0.5) is 0 Å². The first-order valence-corrected chi connectivity index (χ1v) is 10.2. The van der Waals surface area contributed by atoms with Crippen LogP contribution in [0.2, 0.25) is 0 Å². The predicted molar refractivity (Wildman–Crippen MR) is 111 cm³/mol. The number of fused-ring (bicyclic) bond motifs is 1. The van der Waals surface area contributed by atoms with E-state index in [1.54, 1.807) is 6.92 Å². The quantitative estimate of drug-likeness (QED) is 0.816. The minimum absolute atomic E-state index is 0.0389. The van der Waals surface area contributed by atoms with Crippen LogP contribution in [-0.2, 0) is 9.59 Å². The Morgan fingerprint density at radius 3 is 2.52 bits per heavy atom. The lowest BCUT2D eigenvalue weighted by molar-refractivity contribution is -0.131. The summed E-state index contributed by atoms with van der Waals surface area (Å²) >= 11 is 0. The smallest absolute Gasteiger partial charge is 0.270 e. The van der Waals surface area contributed by atoms with Crippen LogP contribution >= 0.6 is 0 Å². The molecule has 1 aromatic heterocycles. The van der Waals surface area contributed by atoms with E-state index < -0.39 is 0 Å². The molecule has 4 rings (SSSR count). The first kappa shape index (κ1) is 19.5. The Balaban J connectivity index is 1.63. The van der Waals surface area contributed by atoms with Crippen molar-refractivity contribution in [3.8, 4) is 0 Å². The summed E-state index contributed by atoms with van der Waals surface area (Å²) < 4.78 is 0. The van der Waals surface area contributed by atoms with Crippen LogP contribution in [0.3, 0.4) is 0 Å². The Morgan fingerprint density at radius 2 is 1.86 bits per heavy atom. The van der Waals surface area contributed by atoms with E-state index in [4.69, 9.17) is 0 Å². The molecule has 2 N–H and O–H groups in total. The molecule has 7 heteroatoms. The van der Waals surface area contributed by atoms with Crippen molar-refractivity contribution in [2.75, 3.05) is 19.6 Å². The Bertz CT molecular complexity index is 972. The van der Waals surface area contributed by atoms with Crippen molar-refractivity contribution in [3.63, 3.8) is 0 Å². The number of nitrogens with zero attached hydrogens (tertiary/aromatic N) is 2. The number of aromatic nitrogens is 1. The van der Waals surface area contributed by atoms with Crippen LogP contribution in [0.1, 0.15) is 49.2 Å². The predicted octanol–water partition coefficient (Wildman–Crippen LogP) is 2.21. The van der Waals surface area contributed by atoms with Crippen LogP contribution in [0.25, 0.3) is 10.9 Å². The molecular formula is C22H28N4O3. The second-order valence-corrected chi connectivity index (χ2v) is 8.52. The number of rotatable bonds is 2. The molecule has 1 aromatic carbocycles. The largest absolute Gasteiger partial charge is 0.352 e. The number of aromatic amines is 1. The van der Waals surface area contributed by atoms with Gasteiger partial charge in [0.1, 0.15) is 5.69 Å². The topological polar surface area (TPSA) is 85.5 Å². The molecule has 3 amide bonds. The number of H-pyrrole nitrogens is 1. The summed E-state index contributed by atoms with van der Waals surface area (Å²) in [6.07, 6.45) is 2.19. The summed E-state index contributed by atoms with van der Waals surface area (Å²) in [5.74, 6) is -0.0511. The zero-order chi connectivity index (χ0) is 20.8. The van der Waals surface area contributed by atoms with Gasteiger partial charge in [0.2, 0.25) is 11.8 Å². The molecule has 3 heterocycles. The van der Waals surface area contributed by atoms with Gasteiger partial charge >= 0.3 is 0 Å². The summed E-state index contributed by atoms with van der Waals surface area (Å²) in [4.78, 5) is 44.0. The van der Waals surface area contributed by atoms with Crippen LogP contribution < -0.4 is 5.32 Å². The van der Waals surface area contributed by atoms with Gasteiger partial charge in [0.25, 0.3) is 5.91 Å². The molecule has 0 aliphatic carbocycles. The summed E-state index contributed by atoms with van der Waals surface area (Å²) in [5.41, 5.74) is 2.33. The second kappa shape index (κ2) is 7.21. The maximum Gasteiger partial charge on any atom is 0.270 e. The molecule has 0 bridgehead atoms. The highest BCUT2D eigenvalue weighted by atomic mass is 16.2. The molecule has 29 heavy (non-hydrogen) atoms. The van der Waals surface area contributed by atoms with Gasteiger partial charge in [-0.2, -0.15) is 0 Å². The molecule has 1 spiro atoms. The molecule has 2 saturated heterocycles. The van der Waals surface area contributed by atoms with Crippen molar-refractivity contribution < 1.29 is 14.4 Å². The summed E-state index contributed by atoms with van der Waals surface area (Å²) in [5, 5.41) is 4.01. The third-order valence-corrected chi connectivity index (χ3v) is 6.40. The lowest BCUT2D eigenvalue weighted by atomic mass is 9.84. The number of hydrogen-bond donors (Lipinski definition) is 2. The minimum atomic E-state index is -0.330. The van der Waals surface area contributed by atoms with Crippen molar-refractivity contribution in [1.29, 1.82) is 0 Å². The minimum Gasteiger partial charge on any atom is -0.352 e. The fraction of sp³-hybridized carbons (Fsp3) is 0.500. The highest BCUT2D eigenvalue weighted by molar-refractivity contribution is 5.98. The standard InChI is InChI=1S/C22H28N4O3/c1-14-4-5-17-11-20(24-19(17)10-14)21(29)26-13-18(23-15(2)27)12-22(26)6-8-25(9-7-22)16(3)28/h4-5,10-11,18,24H,6-9,12-13H2,1-3H3,(H,23,27). The molecule has 0 radical (unpaired) electrons. The number of likely N-dealkylation sites (tertiary alicyclic amines) is 2. The first-order chi connectivity index (χ1) is 13.8. The molecule has 2 aliphatic rings. The average Bonchev–Trinajstić information content (AvgIpc) is 3.22. The van der Waals surface area contributed by atoms with E-state index in [1.165, 1.54) is 6.92 Å². The monoisotopic (exact) mass is 396 g/mol.